The zero-order valence-corrected chi connectivity index (χ0v) is 10.1. The van der Waals surface area contributed by atoms with Crippen LogP contribution in [0.3, 0.4) is 0 Å². The van der Waals surface area contributed by atoms with Crippen molar-refractivity contribution < 1.29 is 4.79 Å². The van der Waals surface area contributed by atoms with Gasteiger partial charge < -0.3 is 5.32 Å². The number of carbonyl (C=O) groups is 1. The van der Waals surface area contributed by atoms with E-state index in [1.54, 1.807) is 38.1 Å². The first kappa shape index (κ1) is 11.7. The Kier molecular flexibility index (Phi) is 3.48. The molecule has 78 valence electrons. The van der Waals surface area contributed by atoms with Crippen molar-refractivity contribution in [3.63, 3.8) is 0 Å². The Labute approximate surface area is 97.2 Å². The van der Waals surface area contributed by atoms with Gasteiger partial charge in [-0.3, -0.25) is 4.79 Å². The molecule has 0 unspecified atom stereocenters. The first-order valence-electron chi connectivity index (χ1n) is 4.44. The van der Waals surface area contributed by atoms with E-state index in [2.05, 4.69) is 21.2 Å². The Morgan fingerprint density at radius 2 is 1.93 bits per heavy atom. The number of rotatable bonds is 2. The molecule has 0 radical (unpaired) electrons. The fourth-order valence-electron chi connectivity index (χ4n) is 0.985. The van der Waals surface area contributed by atoms with Crippen molar-refractivity contribution in [2.24, 2.45) is 0 Å². The molecule has 0 atom stereocenters. The van der Waals surface area contributed by atoms with Gasteiger partial charge in [0, 0.05) is 10.0 Å². The summed E-state index contributed by atoms with van der Waals surface area (Å²) in [5.41, 5.74) is -0.300. The largest absolute Gasteiger partial charge is 0.334 e. The number of hydrogen-bond donors (Lipinski definition) is 1. The van der Waals surface area contributed by atoms with Crippen LogP contribution in [0, 0.1) is 11.3 Å². The minimum atomic E-state index is -0.843. The smallest absolute Gasteiger partial charge is 0.252 e. The quantitative estimate of drug-likeness (QED) is 0.894. The van der Waals surface area contributed by atoms with Gasteiger partial charge >= 0.3 is 0 Å². The van der Waals surface area contributed by atoms with Crippen molar-refractivity contribution in [3.05, 3.63) is 34.3 Å². The van der Waals surface area contributed by atoms with Crippen molar-refractivity contribution >= 4 is 21.8 Å². The molecule has 1 aromatic rings. The van der Waals surface area contributed by atoms with Gasteiger partial charge in [0.25, 0.3) is 5.91 Å². The van der Waals surface area contributed by atoms with Crippen LogP contribution in [0.1, 0.15) is 24.2 Å². The predicted molar refractivity (Wildman–Crippen MR) is 61.3 cm³/mol. The maximum atomic E-state index is 11.7. The maximum absolute atomic E-state index is 11.7. The summed E-state index contributed by atoms with van der Waals surface area (Å²) < 4.78 is 0.915. The van der Waals surface area contributed by atoms with Gasteiger partial charge in [-0.25, -0.2) is 0 Å². The van der Waals surface area contributed by atoms with E-state index in [0.29, 0.717) is 5.56 Å². The summed E-state index contributed by atoms with van der Waals surface area (Å²) in [6, 6.07) is 8.99. The van der Waals surface area contributed by atoms with Gasteiger partial charge in [0.15, 0.2) is 0 Å². The van der Waals surface area contributed by atoms with Crippen LogP contribution in [0.25, 0.3) is 0 Å². The van der Waals surface area contributed by atoms with Gasteiger partial charge in [-0.1, -0.05) is 15.9 Å². The van der Waals surface area contributed by atoms with Gasteiger partial charge in [0.05, 0.1) is 6.07 Å². The topological polar surface area (TPSA) is 52.9 Å². The third-order valence-corrected chi connectivity index (χ3v) is 2.34. The second-order valence-corrected chi connectivity index (χ2v) is 4.61. The van der Waals surface area contributed by atoms with Crippen LogP contribution < -0.4 is 5.32 Å². The number of amides is 1. The normalized spacial score (nSPS) is 10.5. The standard InChI is InChI=1S/C11H11BrN2O/c1-11(2,7-13)14-10(15)8-3-5-9(12)6-4-8/h3-6H,1-2H3,(H,14,15). The van der Waals surface area contributed by atoms with E-state index in [-0.39, 0.29) is 5.91 Å². The monoisotopic (exact) mass is 266 g/mol. The van der Waals surface area contributed by atoms with E-state index >= 15 is 0 Å². The lowest BCUT2D eigenvalue weighted by Crippen LogP contribution is -2.42. The molecule has 0 saturated carbocycles. The molecular formula is C11H11BrN2O. The van der Waals surface area contributed by atoms with Crippen LogP contribution in [-0.4, -0.2) is 11.4 Å². The Bertz CT molecular complexity index is 404. The number of hydrogen-bond acceptors (Lipinski definition) is 2. The second kappa shape index (κ2) is 4.45. The molecular weight excluding hydrogens is 256 g/mol. The number of nitrogens with one attached hydrogen (secondary N) is 1. The van der Waals surface area contributed by atoms with Crippen LogP contribution >= 0.6 is 15.9 Å². The molecule has 0 bridgehead atoms. The number of benzene rings is 1. The minimum absolute atomic E-state index is 0.242. The van der Waals surface area contributed by atoms with Crippen molar-refractivity contribution in [1.29, 1.82) is 5.26 Å². The molecule has 1 rings (SSSR count). The molecule has 0 fully saturated rings. The van der Waals surface area contributed by atoms with E-state index < -0.39 is 5.54 Å². The Balaban J connectivity index is 2.79. The van der Waals surface area contributed by atoms with Crippen LogP contribution in [0.4, 0.5) is 0 Å². The zero-order valence-electron chi connectivity index (χ0n) is 8.54. The summed E-state index contributed by atoms with van der Waals surface area (Å²) in [6.45, 7) is 3.31. The highest BCUT2D eigenvalue weighted by atomic mass is 79.9. The van der Waals surface area contributed by atoms with Crippen LogP contribution in [-0.2, 0) is 0 Å². The number of carbonyl (C=O) groups excluding carboxylic acids is 1. The van der Waals surface area contributed by atoms with Crippen molar-refractivity contribution in [1.82, 2.24) is 5.32 Å². The van der Waals surface area contributed by atoms with E-state index in [1.807, 2.05) is 6.07 Å². The van der Waals surface area contributed by atoms with Crippen molar-refractivity contribution in [2.45, 2.75) is 19.4 Å². The number of nitriles is 1. The average Bonchev–Trinajstić information content (AvgIpc) is 2.18. The summed E-state index contributed by atoms with van der Waals surface area (Å²) in [4.78, 5) is 11.7. The Hall–Kier alpha value is -1.34. The fraction of sp³-hybridized carbons (Fsp3) is 0.273. The molecule has 3 nitrogen and oxygen atoms in total. The molecule has 0 aliphatic heterocycles. The van der Waals surface area contributed by atoms with E-state index in [9.17, 15) is 4.79 Å². The van der Waals surface area contributed by atoms with E-state index in [4.69, 9.17) is 5.26 Å². The fourth-order valence-corrected chi connectivity index (χ4v) is 1.25. The van der Waals surface area contributed by atoms with E-state index in [1.165, 1.54) is 0 Å². The SMILES string of the molecule is CC(C)(C#N)NC(=O)c1ccc(Br)cc1. The maximum Gasteiger partial charge on any atom is 0.252 e. The summed E-state index contributed by atoms with van der Waals surface area (Å²) in [5.74, 6) is -0.242. The lowest BCUT2D eigenvalue weighted by atomic mass is 10.1. The highest BCUT2D eigenvalue weighted by molar-refractivity contribution is 9.10. The Morgan fingerprint density at radius 1 is 1.40 bits per heavy atom. The number of halogens is 1. The van der Waals surface area contributed by atoms with Gasteiger partial charge in [0.1, 0.15) is 5.54 Å². The molecule has 0 spiro atoms. The van der Waals surface area contributed by atoms with Crippen LogP contribution in [0.15, 0.2) is 28.7 Å². The highest BCUT2D eigenvalue weighted by Crippen LogP contribution is 2.11. The van der Waals surface area contributed by atoms with Crippen LogP contribution in [0.5, 0.6) is 0 Å². The van der Waals surface area contributed by atoms with Gasteiger partial charge in [-0.15, -0.1) is 0 Å². The lowest BCUT2D eigenvalue weighted by molar-refractivity contribution is 0.0929. The third kappa shape index (κ3) is 3.37. The van der Waals surface area contributed by atoms with E-state index in [0.717, 1.165) is 4.47 Å². The second-order valence-electron chi connectivity index (χ2n) is 3.70. The molecule has 4 heteroatoms. The van der Waals surface area contributed by atoms with Gasteiger partial charge in [0.2, 0.25) is 0 Å². The molecule has 15 heavy (non-hydrogen) atoms. The third-order valence-electron chi connectivity index (χ3n) is 1.81. The molecule has 1 aromatic carbocycles. The lowest BCUT2D eigenvalue weighted by Gasteiger charge is -2.17. The molecule has 0 aromatic heterocycles. The highest BCUT2D eigenvalue weighted by Gasteiger charge is 2.19. The molecule has 0 aliphatic rings. The minimum Gasteiger partial charge on any atom is -0.334 e. The first-order valence-corrected chi connectivity index (χ1v) is 5.23. The average molecular weight is 267 g/mol. The summed E-state index contributed by atoms with van der Waals surface area (Å²) in [7, 11) is 0. The van der Waals surface area contributed by atoms with Gasteiger partial charge in [-0.05, 0) is 38.1 Å². The Morgan fingerprint density at radius 3 is 2.40 bits per heavy atom. The summed E-state index contributed by atoms with van der Waals surface area (Å²) in [5, 5.41) is 11.4. The van der Waals surface area contributed by atoms with Crippen molar-refractivity contribution in [2.75, 3.05) is 0 Å². The molecule has 1 amide bonds. The molecule has 0 heterocycles. The van der Waals surface area contributed by atoms with Gasteiger partial charge in [-0.2, -0.15) is 5.26 Å². The summed E-state index contributed by atoms with van der Waals surface area (Å²) in [6.07, 6.45) is 0. The first-order chi connectivity index (χ1) is 6.94. The van der Waals surface area contributed by atoms with Crippen molar-refractivity contribution in [3.8, 4) is 6.07 Å². The summed E-state index contributed by atoms with van der Waals surface area (Å²) >= 11 is 3.29. The predicted octanol–water partition coefficient (Wildman–Crippen LogP) is 2.48. The van der Waals surface area contributed by atoms with Crippen LogP contribution in [0.2, 0.25) is 0 Å². The molecule has 0 saturated heterocycles. The zero-order chi connectivity index (χ0) is 11.5. The number of nitrogens with zero attached hydrogens (tertiary/aromatic N) is 1. The molecule has 0 aliphatic carbocycles. The molecule has 1 N–H and O–H groups in total.